The minimum absolute atomic E-state index is 0.0363. The van der Waals surface area contributed by atoms with Crippen molar-refractivity contribution in [2.24, 2.45) is 0 Å². The largest absolute Gasteiger partial charge is 0.324 e. The lowest BCUT2D eigenvalue weighted by Gasteiger charge is -2.22. The Bertz CT molecular complexity index is 529. The van der Waals surface area contributed by atoms with E-state index in [1.54, 1.807) is 0 Å². The van der Waals surface area contributed by atoms with Crippen LogP contribution in [0, 0.1) is 0 Å². The van der Waals surface area contributed by atoms with Gasteiger partial charge >= 0.3 is 0 Å². The summed E-state index contributed by atoms with van der Waals surface area (Å²) in [5.41, 5.74) is 1.99. The van der Waals surface area contributed by atoms with Gasteiger partial charge in [-0.05, 0) is 48.0 Å². The Hall–Kier alpha value is -0.520. The Labute approximate surface area is 132 Å². The molecule has 0 spiro atoms. The molecule has 2 aliphatic rings. The zero-order chi connectivity index (χ0) is 14.1. The molecule has 108 valence electrons. The molecule has 3 rings (SSSR count). The van der Waals surface area contributed by atoms with E-state index in [0.717, 1.165) is 21.0 Å². The van der Waals surface area contributed by atoms with E-state index in [-0.39, 0.29) is 11.9 Å². The first-order valence-electron chi connectivity index (χ1n) is 7.17. The standard InChI is InChI=1S/C15H19BrN2OS/c1-17-14-10-7-11(16)13(8-12(10)18-15(14)19)20-9-5-3-2-4-6-9/h7-9,14,17H,2-6H2,1H3,(H,18,19). The summed E-state index contributed by atoms with van der Waals surface area (Å²) in [7, 11) is 1.82. The van der Waals surface area contributed by atoms with Crippen LogP contribution >= 0.6 is 27.7 Å². The lowest BCUT2D eigenvalue weighted by Crippen LogP contribution is -2.23. The molecule has 3 nitrogen and oxygen atoms in total. The van der Waals surface area contributed by atoms with Crippen LogP contribution in [-0.4, -0.2) is 18.2 Å². The maximum absolute atomic E-state index is 11.9. The zero-order valence-electron chi connectivity index (χ0n) is 11.5. The van der Waals surface area contributed by atoms with Gasteiger partial charge in [-0.3, -0.25) is 4.79 Å². The number of fused-ring (bicyclic) bond motifs is 1. The molecule has 1 atom stereocenters. The second-order valence-corrected chi connectivity index (χ2v) is 7.66. The summed E-state index contributed by atoms with van der Waals surface area (Å²) in [5, 5.41) is 6.74. The first-order chi connectivity index (χ1) is 9.69. The molecule has 1 aromatic rings. The van der Waals surface area contributed by atoms with E-state index >= 15 is 0 Å². The highest BCUT2D eigenvalue weighted by atomic mass is 79.9. The van der Waals surface area contributed by atoms with E-state index in [0.29, 0.717) is 0 Å². The van der Waals surface area contributed by atoms with Gasteiger partial charge in [-0.2, -0.15) is 0 Å². The van der Waals surface area contributed by atoms with Gasteiger partial charge in [-0.25, -0.2) is 0 Å². The van der Waals surface area contributed by atoms with Gasteiger partial charge in [0.15, 0.2) is 0 Å². The number of benzene rings is 1. The summed E-state index contributed by atoms with van der Waals surface area (Å²) in [4.78, 5) is 13.1. The van der Waals surface area contributed by atoms with Gasteiger partial charge in [-0.1, -0.05) is 19.3 Å². The first-order valence-corrected chi connectivity index (χ1v) is 8.84. The molecule has 2 N–H and O–H groups in total. The van der Waals surface area contributed by atoms with E-state index in [9.17, 15) is 4.79 Å². The average molecular weight is 355 g/mol. The SMILES string of the molecule is CNC1C(=O)Nc2cc(SC3CCCCC3)c(Br)cc21. The second kappa shape index (κ2) is 6.08. The van der Waals surface area contributed by atoms with Crippen LogP contribution in [0.25, 0.3) is 0 Å². The number of hydrogen-bond acceptors (Lipinski definition) is 3. The summed E-state index contributed by atoms with van der Waals surface area (Å²) in [5.74, 6) is 0.0363. The maximum atomic E-state index is 11.9. The van der Waals surface area contributed by atoms with Crippen molar-refractivity contribution in [1.29, 1.82) is 0 Å². The third-order valence-electron chi connectivity index (χ3n) is 4.07. The van der Waals surface area contributed by atoms with Crippen LogP contribution in [-0.2, 0) is 4.79 Å². The molecule has 1 fully saturated rings. The van der Waals surface area contributed by atoms with Gasteiger partial charge in [0.05, 0.1) is 0 Å². The molecule has 0 radical (unpaired) electrons. The Balaban J connectivity index is 1.83. The van der Waals surface area contributed by atoms with Gasteiger partial charge in [0.1, 0.15) is 6.04 Å². The minimum atomic E-state index is -0.227. The van der Waals surface area contributed by atoms with E-state index in [1.807, 2.05) is 18.8 Å². The van der Waals surface area contributed by atoms with Gasteiger partial charge in [0.25, 0.3) is 0 Å². The molecule has 5 heteroatoms. The monoisotopic (exact) mass is 354 g/mol. The maximum Gasteiger partial charge on any atom is 0.246 e. The van der Waals surface area contributed by atoms with Crippen molar-refractivity contribution in [1.82, 2.24) is 5.32 Å². The van der Waals surface area contributed by atoms with Gasteiger partial charge in [-0.15, -0.1) is 11.8 Å². The van der Waals surface area contributed by atoms with Crippen LogP contribution in [0.5, 0.6) is 0 Å². The number of halogens is 1. The Morgan fingerprint density at radius 3 is 2.75 bits per heavy atom. The fraction of sp³-hybridized carbons (Fsp3) is 0.533. The van der Waals surface area contributed by atoms with Crippen molar-refractivity contribution < 1.29 is 4.79 Å². The first kappa shape index (κ1) is 14.4. The molecule has 0 saturated heterocycles. The Morgan fingerprint density at radius 1 is 1.30 bits per heavy atom. The van der Waals surface area contributed by atoms with E-state index in [4.69, 9.17) is 0 Å². The quantitative estimate of drug-likeness (QED) is 0.858. The fourth-order valence-electron chi connectivity index (χ4n) is 3.00. The minimum Gasteiger partial charge on any atom is -0.324 e. The van der Waals surface area contributed by atoms with Crippen LogP contribution in [0.1, 0.15) is 43.7 Å². The van der Waals surface area contributed by atoms with Crippen LogP contribution in [0.2, 0.25) is 0 Å². The van der Waals surface area contributed by atoms with Crippen molar-refractivity contribution in [2.75, 3.05) is 12.4 Å². The Morgan fingerprint density at radius 2 is 2.05 bits per heavy atom. The number of thioether (sulfide) groups is 1. The number of nitrogens with one attached hydrogen (secondary N) is 2. The molecule has 1 aromatic carbocycles. The number of carbonyl (C=O) groups excluding carboxylic acids is 1. The summed E-state index contributed by atoms with van der Waals surface area (Å²) >= 11 is 5.61. The molecular weight excluding hydrogens is 336 g/mol. The molecule has 0 aromatic heterocycles. The number of anilines is 1. The fourth-order valence-corrected chi connectivity index (χ4v) is 4.93. The van der Waals surface area contributed by atoms with E-state index < -0.39 is 0 Å². The predicted molar refractivity (Wildman–Crippen MR) is 87.3 cm³/mol. The second-order valence-electron chi connectivity index (χ2n) is 5.46. The lowest BCUT2D eigenvalue weighted by atomic mass is 10.0. The smallest absolute Gasteiger partial charge is 0.246 e. The molecule has 0 bridgehead atoms. The molecule has 20 heavy (non-hydrogen) atoms. The predicted octanol–water partition coefficient (Wildman–Crippen LogP) is 4.09. The number of rotatable bonds is 3. The topological polar surface area (TPSA) is 41.1 Å². The van der Waals surface area contributed by atoms with Crippen LogP contribution in [0.3, 0.4) is 0 Å². The number of likely N-dealkylation sites (N-methyl/N-ethyl adjacent to an activating group) is 1. The molecule has 1 saturated carbocycles. The van der Waals surface area contributed by atoms with Crippen molar-refractivity contribution in [2.45, 2.75) is 48.3 Å². The van der Waals surface area contributed by atoms with Crippen LogP contribution in [0.15, 0.2) is 21.5 Å². The molecule has 1 aliphatic carbocycles. The summed E-state index contributed by atoms with van der Waals surface area (Å²) in [6.45, 7) is 0. The summed E-state index contributed by atoms with van der Waals surface area (Å²) < 4.78 is 1.10. The third-order valence-corrected chi connectivity index (χ3v) is 6.38. The van der Waals surface area contributed by atoms with Crippen molar-refractivity contribution in [3.63, 3.8) is 0 Å². The van der Waals surface area contributed by atoms with Crippen LogP contribution in [0.4, 0.5) is 5.69 Å². The molecule has 1 heterocycles. The van der Waals surface area contributed by atoms with E-state index in [1.165, 1.54) is 37.0 Å². The number of hydrogen-bond donors (Lipinski definition) is 2. The van der Waals surface area contributed by atoms with Crippen molar-refractivity contribution >= 4 is 39.3 Å². The van der Waals surface area contributed by atoms with Crippen molar-refractivity contribution in [3.05, 3.63) is 22.2 Å². The summed E-state index contributed by atoms with van der Waals surface area (Å²) in [6.07, 6.45) is 6.68. The Kier molecular flexibility index (Phi) is 4.38. The number of carbonyl (C=O) groups is 1. The summed E-state index contributed by atoms with van der Waals surface area (Å²) in [6, 6.07) is 3.98. The average Bonchev–Trinajstić information content (AvgIpc) is 2.75. The molecule has 1 aliphatic heterocycles. The molecule has 1 amide bonds. The lowest BCUT2D eigenvalue weighted by molar-refractivity contribution is -0.117. The number of amides is 1. The normalized spacial score (nSPS) is 22.7. The zero-order valence-corrected chi connectivity index (χ0v) is 13.9. The van der Waals surface area contributed by atoms with Gasteiger partial charge in [0, 0.05) is 25.9 Å². The third kappa shape index (κ3) is 2.76. The van der Waals surface area contributed by atoms with E-state index in [2.05, 4.69) is 38.7 Å². The highest BCUT2D eigenvalue weighted by molar-refractivity contribution is 9.10. The van der Waals surface area contributed by atoms with Crippen LogP contribution < -0.4 is 10.6 Å². The molecule has 1 unspecified atom stereocenters. The van der Waals surface area contributed by atoms with Gasteiger partial charge < -0.3 is 10.6 Å². The highest BCUT2D eigenvalue weighted by Gasteiger charge is 2.30. The van der Waals surface area contributed by atoms with Gasteiger partial charge in [0.2, 0.25) is 5.91 Å². The molecular formula is C15H19BrN2OS. The van der Waals surface area contributed by atoms with Crippen molar-refractivity contribution in [3.8, 4) is 0 Å². The highest BCUT2D eigenvalue weighted by Crippen LogP contribution is 2.42.